The van der Waals surface area contributed by atoms with Gasteiger partial charge in [-0.15, -0.1) is 0 Å². The third-order valence-corrected chi connectivity index (χ3v) is 5.87. The van der Waals surface area contributed by atoms with E-state index in [1.54, 1.807) is 13.2 Å². The maximum Gasteiger partial charge on any atom is 0.245 e. The smallest absolute Gasteiger partial charge is 0.245 e. The van der Waals surface area contributed by atoms with Crippen molar-refractivity contribution in [3.8, 4) is 0 Å². The van der Waals surface area contributed by atoms with Gasteiger partial charge in [-0.1, -0.05) is 18.2 Å². The second-order valence-corrected chi connectivity index (χ2v) is 7.13. The summed E-state index contributed by atoms with van der Waals surface area (Å²) >= 11 is 0. The Morgan fingerprint density at radius 1 is 1.35 bits per heavy atom. The lowest BCUT2D eigenvalue weighted by Gasteiger charge is -2.22. The largest absolute Gasteiger partial charge is 0.380 e. The predicted octanol–water partition coefficient (Wildman–Crippen LogP) is 1.59. The first-order valence-electron chi connectivity index (χ1n) is 6.61. The van der Waals surface area contributed by atoms with Crippen molar-refractivity contribution in [2.75, 3.05) is 20.3 Å². The third-order valence-electron chi connectivity index (χ3n) is 3.94. The zero-order chi connectivity index (χ0) is 14.3. The van der Waals surface area contributed by atoms with Crippen molar-refractivity contribution >= 4 is 20.9 Å². The van der Waals surface area contributed by atoms with Gasteiger partial charge in [0, 0.05) is 37.8 Å². The number of rotatable bonds is 3. The Morgan fingerprint density at radius 2 is 2.10 bits per heavy atom. The molecule has 5 nitrogen and oxygen atoms in total. The van der Waals surface area contributed by atoms with E-state index in [4.69, 9.17) is 4.74 Å². The number of hydrogen-bond donors (Lipinski definition) is 0. The first-order valence-corrected chi connectivity index (χ1v) is 8.05. The summed E-state index contributed by atoms with van der Waals surface area (Å²) in [6.45, 7) is 1.10. The lowest BCUT2D eigenvalue weighted by Crippen LogP contribution is -2.37. The minimum absolute atomic E-state index is 0.0704. The molecule has 0 spiro atoms. The minimum atomic E-state index is -3.50. The highest BCUT2D eigenvalue weighted by Gasteiger charge is 2.32. The molecule has 2 heterocycles. The van der Waals surface area contributed by atoms with Crippen LogP contribution in [0.15, 0.2) is 35.4 Å². The quantitative estimate of drug-likeness (QED) is 0.864. The average molecular weight is 294 g/mol. The van der Waals surface area contributed by atoms with Gasteiger partial charge in [-0.25, -0.2) is 8.42 Å². The number of aromatic nitrogens is 1. The molecule has 1 aliphatic rings. The van der Waals surface area contributed by atoms with Gasteiger partial charge in [-0.05, 0) is 12.5 Å². The van der Waals surface area contributed by atoms with Crippen molar-refractivity contribution in [1.29, 1.82) is 0 Å². The van der Waals surface area contributed by atoms with Crippen LogP contribution in [-0.4, -0.2) is 43.6 Å². The van der Waals surface area contributed by atoms with Crippen LogP contribution in [0.3, 0.4) is 0 Å². The van der Waals surface area contributed by atoms with Crippen LogP contribution < -0.4 is 0 Å². The number of benzene rings is 1. The van der Waals surface area contributed by atoms with Crippen LogP contribution in [0.25, 0.3) is 10.9 Å². The van der Waals surface area contributed by atoms with Crippen molar-refractivity contribution in [3.05, 3.63) is 30.5 Å². The molecule has 1 aliphatic heterocycles. The molecule has 0 aliphatic carbocycles. The first kappa shape index (κ1) is 13.6. The fourth-order valence-electron chi connectivity index (χ4n) is 2.67. The molecular weight excluding hydrogens is 276 g/mol. The summed E-state index contributed by atoms with van der Waals surface area (Å²) in [6, 6.07) is 7.47. The van der Waals surface area contributed by atoms with Crippen LogP contribution >= 0.6 is 0 Å². The first-order chi connectivity index (χ1) is 9.51. The van der Waals surface area contributed by atoms with Gasteiger partial charge in [0.25, 0.3) is 0 Å². The van der Waals surface area contributed by atoms with Gasteiger partial charge >= 0.3 is 0 Å². The van der Waals surface area contributed by atoms with Crippen molar-refractivity contribution < 1.29 is 13.2 Å². The summed E-state index contributed by atoms with van der Waals surface area (Å²) in [6.07, 6.45) is 2.44. The second kappa shape index (κ2) is 4.87. The number of para-hydroxylation sites is 1. The normalized spacial score (nSPS) is 20.1. The Labute approximate surface area is 118 Å². The molecule has 1 fully saturated rings. The zero-order valence-electron chi connectivity index (χ0n) is 11.6. The molecule has 3 rings (SSSR count). The van der Waals surface area contributed by atoms with Crippen LogP contribution in [0.5, 0.6) is 0 Å². The van der Waals surface area contributed by atoms with Crippen molar-refractivity contribution in [2.45, 2.75) is 17.4 Å². The third kappa shape index (κ3) is 2.04. The SMILES string of the molecule is CN([C@H]1CCOC1)S(=O)(=O)c1cn(C)c2ccccc12. The van der Waals surface area contributed by atoms with Gasteiger partial charge in [0.05, 0.1) is 12.6 Å². The lowest BCUT2D eigenvalue weighted by atomic mass is 10.2. The average Bonchev–Trinajstić information content (AvgIpc) is 3.07. The molecule has 2 aromatic rings. The second-order valence-electron chi connectivity index (χ2n) is 5.16. The van der Waals surface area contributed by atoms with E-state index in [2.05, 4.69) is 0 Å². The van der Waals surface area contributed by atoms with Gasteiger partial charge in [0.1, 0.15) is 4.90 Å². The molecule has 20 heavy (non-hydrogen) atoms. The topological polar surface area (TPSA) is 51.5 Å². The maximum absolute atomic E-state index is 12.8. The maximum atomic E-state index is 12.8. The Hall–Kier alpha value is -1.37. The number of sulfonamides is 1. The number of nitrogens with zero attached hydrogens (tertiary/aromatic N) is 2. The molecule has 1 aromatic heterocycles. The van der Waals surface area contributed by atoms with E-state index in [9.17, 15) is 8.42 Å². The molecule has 6 heteroatoms. The van der Waals surface area contributed by atoms with E-state index in [1.165, 1.54) is 4.31 Å². The van der Waals surface area contributed by atoms with Gasteiger partial charge in [-0.2, -0.15) is 4.31 Å². The highest BCUT2D eigenvalue weighted by atomic mass is 32.2. The summed E-state index contributed by atoms with van der Waals surface area (Å²) < 4.78 is 34.2. The minimum Gasteiger partial charge on any atom is -0.380 e. The number of likely N-dealkylation sites (N-methyl/N-ethyl adjacent to an activating group) is 1. The predicted molar refractivity (Wildman–Crippen MR) is 77.1 cm³/mol. The standard InChI is InChI=1S/C14H18N2O3S/c1-15-9-14(12-5-3-4-6-13(12)15)20(17,18)16(2)11-7-8-19-10-11/h3-6,9,11H,7-8,10H2,1-2H3/t11-/m0/s1. The van der Waals surface area contributed by atoms with Crippen LogP contribution in [0.1, 0.15) is 6.42 Å². The summed E-state index contributed by atoms with van der Waals surface area (Å²) in [4.78, 5) is 0.366. The van der Waals surface area contributed by atoms with E-state index in [0.717, 1.165) is 17.3 Å². The molecule has 0 radical (unpaired) electrons. The fraction of sp³-hybridized carbons (Fsp3) is 0.429. The summed E-state index contributed by atoms with van der Waals surface area (Å²) in [5.74, 6) is 0. The zero-order valence-corrected chi connectivity index (χ0v) is 12.4. The molecular formula is C14H18N2O3S. The number of fused-ring (bicyclic) bond motifs is 1. The van der Waals surface area contributed by atoms with Crippen LogP contribution in [0.4, 0.5) is 0 Å². The molecule has 0 unspecified atom stereocenters. The van der Waals surface area contributed by atoms with Gasteiger partial charge in [-0.3, -0.25) is 0 Å². The lowest BCUT2D eigenvalue weighted by molar-refractivity contribution is 0.181. The van der Waals surface area contributed by atoms with E-state index >= 15 is 0 Å². The number of ether oxygens (including phenoxy) is 1. The summed E-state index contributed by atoms with van der Waals surface area (Å²) in [5.41, 5.74) is 0.919. The molecule has 1 atom stereocenters. The molecule has 1 saturated heterocycles. The number of hydrogen-bond acceptors (Lipinski definition) is 3. The van der Waals surface area contributed by atoms with Crippen LogP contribution in [0, 0.1) is 0 Å². The number of aryl methyl sites for hydroxylation is 1. The van der Waals surface area contributed by atoms with Crippen LogP contribution in [0.2, 0.25) is 0 Å². The van der Waals surface area contributed by atoms with E-state index in [-0.39, 0.29) is 6.04 Å². The van der Waals surface area contributed by atoms with E-state index in [1.807, 2.05) is 35.9 Å². The summed E-state index contributed by atoms with van der Waals surface area (Å²) in [5, 5.41) is 0.765. The van der Waals surface area contributed by atoms with Gasteiger partial charge in [0.15, 0.2) is 0 Å². The molecule has 0 amide bonds. The fourth-order valence-corrected chi connectivity index (χ4v) is 4.28. The highest BCUT2D eigenvalue weighted by Crippen LogP contribution is 2.28. The van der Waals surface area contributed by atoms with Crippen LogP contribution in [-0.2, 0) is 21.8 Å². The van der Waals surface area contributed by atoms with E-state index in [0.29, 0.717) is 18.1 Å². The van der Waals surface area contributed by atoms with Gasteiger partial charge in [0.2, 0.25) is 10.0 Å². The summed E-state index contributed by atoms with van der Waals surface area (Å²) in [7, 11) is 0.000843. The Kier molecular flexibility index (Phi) is 3.32. The van der Waals surface area contributed by atoms with E-state index < -0.39 is 10.0 Å². The molecule has 0 bridgehead atoms. The highest BCUT2D eigenvalue weighted by molar-refractivity contribution is 7.89. The van der Waals surface area contributed by atoms with Crippen molar-refractivity contribution in [2.24, 2.45) is 7.05 Å². The Bertz CT molecular complexity index is 730. The van der Waals surface area contributed by atoms with Gasteiger partial charge < -0.3 is 9.30 Å². The van der Waals surface area contributed by atoms with Crippen molar-refractivity contribution in [3.63, 3.8) is 0 Å². The monoisotopic (exact) mass is 294 g/mol. The molecule has 108 valence electrons. The Balaban J connectivity index is 2.09. The Morgan fingerprint density at radius 3 is 2.80 bits per heavy atom. The molecule has 0 N–H and O–H groups in total. The molecule has 1 aromatic carbocycles. The van der Waals surface area contributed by atoms with Crippen molar-refractivity contribution in [1.82, 2.24) is 8.87 Å². The molecule has 0 saturated carbocycles.